The van der Waals surface area contributed by atoms with E-state index in [9.17, 15) is 0 Å². The van der Waals surface area contributed by atoms with Gasteiger partial charge in [0.25, 0.3) is 0 Å². The Morgan fingerprint density at radius 3 is 2.70 bits per heavy atom. The molecule has 2 atom stereocenters. The third-order valence-electron chi connectivity index (χ3n) is 6.33. The van der Waals surface area contributed by atoms with Crippen LogP contribution in [0.3, 0.4) is 0 Å². The summed E-state index contributed by atoms with van der Waals surface area (Å²) in [7, 11) is 0. The molecule has 3 aliphatic heterocycles. The molecule has 0 aromatic heterocycles. The van der Waals surface area contributed by atoms with Crippen LogP contribution in [0.5, 0.6) is 5.75 Å². The second-order valence-electron chi connectivity index (χ2n) is 7.66. The molecule has 3 heterocycles. The zero-order chi connectivity index (χ0) is 15.7. The molecule has 23 heavy (non-hydrogen) atoms. The number of nitrogens with zero attached hydrogens (tertiary/aromatic N) is 1. The fourth-order valence-corrected chi connectivity index (χ4v) is 5.39. The number of rotatable bonds is 3. The van der Waals surface area contributed by atoms with E-state index in [0.717, 1.165) is 12.4 Å². The number of nitrogens with one attached hydrogen (secondary N) is 1. The van der Waals surface area contributed by atoms with Crippen LogP contribution < -0.4 is 15.0 Å². The van der Waals surface area contributed by atoms with Gasteiger partial charge in [0.15, 0.2) is 0 Å². The molecule has 1 spiro atoms. The second-order valence-corrected chi connectivity index (χ2v) is 7.66. The van der Waals surface area contributed by atoms with Gasteiger partial charge < -0.3 is 15.0 Å². The van der Waals surface area contributed by atoms with Crippen molar-refractivity contribution in [2.75, 3.05) is 24.6 Å². The number of ether oxygens (including phenoxy) is 1. The normalized spacial score (nSPS) is 29.5. The van der Waals surface area contributed by atoms with E-state index in [0.29, 0.717) is 17.5 Å². The van der Waals surface area contributed by atoms with Crippen molar-refractivity contribution in [3.8, 4) is 5.75 Å². The first kappa shape index (κ1) is 15.3. The monoisotopic (exact) mass is 314 g/mol. The molecule has 5 rings (SSSR count). The molecule has 4 aliphatic rings. The van der Waals surface area contributed by atoms with Gasteiger partial charge in [0.2, 0.25) is 0 Å². The van der Waals surface area contributed by atoms with Gasteiger partial charge in [-0.3, -0.25) is 0 Å². The van der Waals surface area contributed by atoms with Crippen molar-refractivity contribution in [2.24, 2.45) is 5.41 Å². The molecule has 4 fully saturated rings. The van der Waals surface area contributed by atoms with Crippen LogP contribution in [0.15, 0.2) is 24.3 Å². The van der Waals surface area contributed by atoms with Crippen molar-refractivity contribution in [1.82, 2.24) is 5.32 Å². The van der Waals surface area contributed by atoms with E-state index in [2.05, 4.69) is 34.5 Å². The molecule has 1 aliphatic carbocycles. The minimum atomic E-state index is 0.559. The summed E-state index contributed by atoms with van der Waals surface area (Å²) in [6.45, 7) is 5.13. The van der Waals surface area contributed by atoms with E-state index in [4.69, 9.17) is 4.74 Å². The topological polar surface area (TPSA) is 24.5 Å². The number of anilines is 1. The Labute approximate surface area is 140 Å². The smallest absolute Gasteiger partial charge is 0.119 e. The van der Waals surface area contributed by atoms with E-state index >= 15 is 0 Å². The summed E-state index contributed by atoms with van der Waals surface area (Å²) in [6.07, 6.45) is 9.86. The van der Waals surface area contributed by atoms with Crippen LogP contribution in [0.1, 0.15) is 51.9 Å². The molecule has 1 N–H and O–H groups in total. The van der Waals surface area contributed by atoms with Crippen molar-refractivity contribution < 1.29 is 4.74 Å². The van der Waals surface area contributed by atoms with E-state index in [-0.39, 0.29) is 0 Å². The number of hydrogen-bond donors (Lipinski definition) is 1. The standard InChI is InChI=1S/C20H30N2O/c1-2-23-18-8-6-17(7-9-18)22-15-16-14-20(11-4-3-5-12-20)19(22)10-13-21-16/h6-9,16,19,21H,2-5,10-15H2,1H3/t16-,19+/m0/s1. The highest BCUT2D eigenvalue weighted by Crippen LogP contribution is 2.50. The average molecular weight is 314 g/mol. The van der Waals surface area contributed by atoms with Crippen LogP contribution in [0.25, 0.3) is 0 Å². The van der Waals surface area contributed by atoms with Crippen molar-refractivity contribution in [1.29, 1.82) is 0 Å². The Kier molecular flexibility index (Phi) is 4.23. The minimum absolute atomic E-state index is 0.559. The van der Waals surface area contributed by atoms with E-state index in [1.165, 1.54) is 63.7 Å². The molecule has 0 radical (unpaired) electrons. The van der Waals surface area contributed by atoms with Crippen molar-refractivity contribution in [2.45, 2.75) is 64.0 Å². The maximum Gasteiger partial charge on any atom is 0.119 e. The summed E-state index contributed by atoms with van der Waals surface area (Å²) in [5, 5.41) is 3.81. The number of benzene rings is 1. The van der Waals surface area contributed by atoms with Crippen molar-refractivity contribution in [3.63, 3.8) is 0 Å². The summed E-state index contributed by atoms with van der Waals surface area (Å²) < 4.78 is 5.61. The predicted molar refractivity (Wildman–Crippen MR) is 95.3 cm³/mol. The van der Waals surface area contributed by atoms with E-state index in [1.807, 2.05) is 6.92 Å². The first-order valence-corrected chi connectivity index (χ1v) is 9.54. The molecule has 0 amide bonds. The summed E-state index contributed by atoms with van der Waals surface area (Å²) in [6, 6.07) is 10.2. The zero-order valence-corrected chi connectivity index (χ0v) is 14.4. The van der Waals surface area contributed by atoms with Crippen LogP contribution in [-0.2, 0) is 0 Å². The van der Waals surface area contributed by atoms with Crippen LogP contribution in [0, 0.1) is 5.41 Å². The van der Waals surface area contributed by atoms with Gasteiger partial charge in [-0.1, -0.05) is 19.3 Å². The van der Waals surface area contributed by atoms with E-state index < -0.39 is 0 Å². The van der Waals surface area contributed by atoms with Gasteiger partial charge in [0.05, 0.1) is 6.61 Å². The van der Waals surface area contributed by atoms with Gasteiger partial charge >= 0.3 is 0 Å². The fourth-order valence-electron chi connectivity index (χ4n) is 5.39. The summed E-state index contributed by atoms with van der Waals surface area (Å²) >= 11 is 0. The molecule has 3 heteroatoms. The molecule has 3 saturated heterocycles. The summed E-state index contributed by atoms with van der Waals surface area (Å²) in [5.41, 5.74) is 1.94. The van der Waals surface area contributed by atoms with Gasteiger partial charge in [-0.05, 0) is 68.8 Å². The lowest BCUT2D eigenvalue weighted by Crippen LogP contribution is -2.57. The van der Waals surface area contributed by atoms with Crippen molar-refractivity contribution in [3.05, 3.63) is 24.3 Å². The maximum atomic E-state index is 5.61. The molecular weight excluding hydrogens is 284 g/mol. The predicted octanol–water partition coefficient (Wildman–Crippen LogP) is 3.98. The van der Waals surface area contributed by atoms with Crippen LogP contribution in [0.2, 0.25) is 0 Å². The number of fused-ring (bicyclic) bond motifs is 3. The Balaban J connectivity index is 1.62. The number of piperidine rings is 1. The molecule has 1 saturated carbocycles. The highest BCUT2D eigenvalue weighted by atomic mass is 16.5. The first-order valence-electron chi connectivity index (χ1n) is 9.54. The lowest BCUT2D eigenvalue weighted by molar-refractivity contribution is 0.0980. The van der Waals surface area contributed by atoms with Gasteiger partial charge in [-0.2, -0.15) is 0 Å². The Bertz CT molecular complexity index is 521. The second kappa shape index (κ2) is 6.35. The summed E-state index contributed by atoms with van der Waals surface area (Å²) in [5.74, 6) is 0.988. The number of hydrogen-bond acceptors (Lipinski definition) is 3. The van der Waals surface area contributed by atoms with E-state index in [1.54, 1.807) is 0 Å². The third kappa shape index (κ3) is 2.84. The largest absolute Gasteiger partial charge is 0.494 e. The third-order valence-corrected chi connectivity index (χ3v) is 6.33. The molecule has 1 aromatic carbocycles. The van der Waals surface area contributed by atoms with Gasteiger partial charge in [-0.15, -0.1) is 0 Å². The zero-order valence-electron chi connectivity index (χ0n) is 14.4. The minimum Gasteiger partial charge on any atom is -0.494 e. The van der Waals surface area contributed by atoms with Crippen LogP contribution in [0.4, 0.5) is 5.69 Å². The Hall–Kier alpha value is -1.22. The van der Waals surface area contributed by atoms with Gasteiger partial charge in [-0.25, -0.2) is 0 Å². The molecular formula is C20H30N2O. The quantitative estimate of drug-likeness (QED) is 0.913. The molecule has 2 bridgehead atoms. The highest BCUT2D eigenvalue weighted by Gasteiger charge is 2.49. The van der Waals surface area contributed by atoms with Gasteiger partial charge in [0, 0.05) is 24.3 Å². The highest BCUT2D eigenvalue weighted by molar-refractivity contribution is 5.51. The van der Waals surface area contributed by atoms with Crippen LogP contribution >= 0.6 is 0 Å². The fraction of sp³-hybridized carbons (Fsp3) is 0.700. The van der Waals surface area contributed by atoms with Crippen LogP contribution in [-0.4, -0.2) is 31.8 Å². The first-order chi connectivity index (χ1) is 11.3. The lowest BCUT2D eigenvalue weighted by atomic mass is 9.63. The SMILES string of the molecule is CCOc1ccc(N2C[C@@H]3CC4(CCCCC4)[C@H]2CCN3)cc1. The maximum absolute atomic E-state index is 5.61. The molecule has 1 aromatic rings. The lowest BCUT2D eigenvalue weighted by Gasteiger charge is -2.53. The molecule has 126 valence electrons. The molecule has 0 unspecified atom stereocenters. The molecule has 3 nitrogen and oxygen atoms in total. The average Bonchev–Trinajstić information content (AvgIpc) is 2.88. The Morgan fingerprint density at radius 2 is 1.96 bits per heavy atom. The Morgan fingerprint density at radius 1 is 1.17 bits per heavy atom. The van der Waals surface area contributed by atoms with Crippen molar-refractivity contribution >= 4 is 5.69 Å². The van der Waals surface area contributed by atoms with Gasteiger partial charge in [0.1, 0.15) is 5.75 Å². The summed E-state index contributed by atoms with van der Waals surface area (Å²) in [4.78, 5) is 2.72.